The van der Waals surface area contributed by atoms with Crippen LogP contribution in [0.25, 0.3) is 5.69 Å². The minimum Gasteiger partial charge on any atom is -0.352 e. The summed E-state index contributed by atoms with van der Waals surface area (Å²) in [6, 6.07) is 13.8. The van der Waals surface area contributed by atoms with Crippen molar-refractivity contribution in [2.75, 3.05) is 6.54 Å². The Morgan fingerprint density at radius 1 is 1.13 bits per heavy atom. The van der Waals surface area contributed by atoms with E-state index in [0.29, 0.717) is 24.1 Å². The highest BCUT2D eigenvalue weighted by Gasteiger charge is 2.06. The maximum Gasteiger partial charge on any atom is 0.251 e. The van der Waals surface area contributed by atoms with E-state index in [2.05, 4.69) is 10.3 Å². The van der Waals surface area contributed by atoms with Gasteiger partial charge in [0.05, 0.1) is 6.33 Å². The van der Waals surface area contributed by atoms with Gasteiger partial charge in [-0.05, 0) is 42.3 Å². The highest BCUT2D eigenvalue weighted by atomic mass is 19.1. The molecule has 1 aromatic heterocycles. The van der Waals surface area contributed by atoms with E-state index in [4.69, 9.17) is 0 Å². The van der Waals surface area contributed by atoms with Crippen LogP contribution in [0, 0.1) is 5.82 Å². The van der Waals surface area contributed by atoms with Gasteiger partial charge in [-0.25, -0.2) is 9.37 Å². The van der Waals surface area contributed by atoms with Crippen molar-refractivity contribution < 1.29 is 9.18 Å². The minimum absolute atomic E-state index is 0.168. The van der Waals surface area contributed by atoms with Gasteiger partial charge in [-0.15, -0.1) is 0 Å². The monoisotopic (exact) mass is 309 g/mol. The molecule has 1 heterocycles. The quantitative estimate of drug-likeness (QED) is 0.787. The number of amides is 1. The first-order valence-corrected chi connectivity index (χ1v) is 7.34. The second-order valence-electron chi connectivity index (χ2n) is 5.11. The Balaban J connectivity index is 1.57. The summed E-state index contributed by atoms with van der Waals surface area (Å²) in [5, 5.41) is 2.80. The molecular weight excluding hydrogens is 293 g/mol. The summed E-state index contributed by atoms with van der Waals surface area (Å²) in [4.78, 5) is 16.1. The molecule has 0 spiro atoms. The Labute approximate surface area is 133 Å². The zero-order valence-electron chi connectivity index (χ0n) is 12.4. The summed E-state index contributed by atoms with van der Waals surface area (Å²) in [6.07, 6.45) is 5.70. The molecule has 23 heavy (non-hydrogen) atoms. The summed E-state index contributed by atoms with van der Waals surface area (Å²) >= 11 is 0. The van der Waals surface area contributed by atoms with E-state index >= 15 is 0 Å². The number of carbonyl (C=O) groups excluding carboxylic acids is 1. The third-order valence-electron chi connectivity index (χ3n) is 3.57. The fourth-order valence-electron chi connectivity index (χ4n) is 2.31. The number of imidazole rings is 1. The molecule has 0 aliphatic heterocycles. The van der Waals surface area contributed by atoms with Crippen molar-refractivity contribution >= 4 is 5.91 Å². The van der Waals surface area contributed by atoms with E-state index < -0.39 is 0 Å². The molecular formula is C18H16FN3O. The van der Waals surface area contributed by atoms with Gasteiger partial charge in [-0.3, -0.25) is 4.79 Å². The van der Waals surface area contributed by atoms with Crippen molar-refractivity contribution in [1.29, 1.82) is 0 Å². The molecule has 3 rings (SSSR count). The predicted octanol–water partition coefficient (Wildman–Crippen LogP) is 2.98. The highest BCUT2D eigenvalue weighted by molar-refractivity contribution is 5.94. The Morgan fingerprint density at radius 2 is 1.91 bits per heavy atom. The van der Waals surface area contributed by atoms with Crippen molar-refractivity contribution in [2.24, 2.45) is 0 Å². The summed E-state index contributed by atoms with van der Waals surface area (Å²) < 4.78 is 15.4. The van der Waals surface area contributed by atoms with Gasteiger partial charge in [0, 0.05) is 30.2 Å². The van der Waals surface area contributed by atoms with Gasteiger partial charge in [0.15, 0.2) is 0 Å². The molecule has 1 amide bonds. The normalized spacial score (nSPS) is 10.5. The number of rotatable bonds is 5. The van der Waals surface area contributed by atoms with E-state index in [1.165, 1.54) is 6.07 Å². The van der Waals surface area contributed by atoms with Crippen LogP contribution in [0.15, 0.2) is 67.3 Å². The smallest absolute Gasteiger partial charge is 0.251 e. The van der Waals surface area contributed by atoms with Crippen LogP contribution in [-0.4, -0.2) is 22.0 Å². The predicted molar refractivity (Wildman–Crippen MR) is 86.0 cm³/mol. The molecule has 0 saturated carbocycles. The molecule has 3 aromatic rings. The SMILES string of the molecule is O=C(NCCc1ccccc1F)c1ccc(-n2ccnc2)cc1. The molecule has 0 unspecified atom stereocenters. The zero-order valence-corrected chi connectivity index (χ0v) is 12.4. The lowest BCUT2D eigenvalue weighted by atomic mass is 10.1. The Kier molecular flexibility index (Phi) is 4.47. The lowest BCUT2D eigenvalue weighted by Crippen LogP contribution is -2.25. The number of hydrogen-bond donors (Lipinski definition) is 1. The van der Waals surface area contributed by atoms with E-state index in [9.17, 15) is 9.18 Å². The van der Waals surface area contributed by atoms with Crippen molar-refractivity contribution in [3.63, 3.8) is 0 Å². The van der Waals surface area contributed by atoms with Crippen LogP contribution >= 0.6 is 0 Å². The lowest BCUT2D eigenvalue weighted by Gasteiger charge is -2.07. The van der Waals surface area contributed by atoms with Crippen LogP contribution in [0.1, 0.15) is 15.9 Å². The molecule has 0 atom stereocenters. The van der Waals surface area contributed by atoms with Crippen molar-refractivity contribution in [1.82, 2.24) is 14.9 Å². The molecule has 0 aliphatic rings. The topological polar surface area (TPSA) is 46.9 Å². The number of hydrogen-bond acceptors (Lipinski definition) is 2. The van der Waals surface area contributed by atoms with Crippen LogP contribution in [0.5, 0.6) is 0 Å². The standard InChI is InChI=1S/C18H16FN3O/c19-17-4-2-1-3-14(17)9-10-21-18(23)15-5-7-16(8-6-15)22-12-11-20-13-22/h1-8,11-13H,9-10H2,(H,21,23). The van der Waals surface area contributed by atoms with E-state index in [-0.39, 0.29) is 11.7 Å². The van der Waals surface area contributed by atoms with Gasteiger partial charge in [0.2, 0.25) is 0 Å². The fourth-order valence-corrected chi connectivity index (χ4v) is 2.31. The van der Waals surface area contributed by atoms with Crippen LogP contribution < -0.4 is 5.32 Å². The van der Waals surface area contributed by atoms with E-state index in [1.54, 1.807) is 42.9 Å². The molecule has 116 valence electrons. The Hall–Kier alpha value is -2.95. The fraction of sp³-hybridized carbons (Fsp3) is 0.111. The number of halogens is 1. The second kappa shape index (κ2) is 6.87. The minimum atomic E-state index is -0.244. The third kappa shape index (κ3) is 3.63. The largest absolute Gasteiger partial charge is 0.352 e. The molecule has 0 saturated heterocycles. The first-order valence-electron chi connectivity index (χ1n) is 7.34. The third-order valence-corrected chi connectivity index (χ3v) is 3.57. The van der Waals surface area contributed by atoms with Crippen molar-refractivity contribution in [3.8, 4) is 5.69 Å². The lowest BCUT2D eigenvalue weighted by molar-refractivity contribution is 0.0954. The van der Waals surface area contributed by atoms with Gasteiger partial charge in [-0.1, -0.05) is 18.2 Å². The maximum absolute atomic E-state index is 13.5. The summed E-state index contributed by atoms with van der Waals surface area (Å²) in [5.74, 6) is -0.412. The van der Waals surface area contributed by atoms with E-state index in [1.807, 2.05) is 22.9 Å². The van der Waals surface area contributed by atoms with E-state index in [0.717, 1.165) is 5.69 Å². The first-order chi connectivity index (χ1) is 11.2. The summed E-state index contributed by atoms with van der Waals surface area (Å²) in [7, 11) is 0. The molecule has 0 radical (unpaired) electrons. The van der Waals surface area contributed by atoms with Crippen molar-refractivity contribution in [2.45, 2.75) is 6.42 Å². The number of aromatic nitrogens is 2. The van der Waals surface area contributed by atoms with Crippen molar-refractivity contribution in [3.05, 3.63) is 84.2 Å². The Bertz CT molecular complexity index is 782. The van der Waals surface area contributed by atoms with Crippen LogP contribution in [0.2, 0.25) is 0 Å². The van der Waals surface area contributed by atoms with Gasteiger partial charge in [-0.2, -0.15) is 0 Å². The maximum atomic E-state index is 13.5. The molecule has 0 bridgehead atoms. The number of benzene rings is 2. The zero-order chi connectivity index (χ0) is 16.1. The van der Waals surface area contributed by atoms with Gasteiger partial charge in [0.1, 0.15) is 5.82 Å². The molecule has 0 aliphatic carbocycles. The second-order valence-corrected chi connectivity index (χ2v) is 5.11. The highest BCUT2D eigenvalue weighted by Crippen LogP contribution is 2.10. The molecule has 4 nitrogen and oxygen atoms in total. The molecule has 0 fully saturated rings. The average Bonchev–Trinajstić information content (AvgIpc) is 3.11. The molecule has 1 N–H and O–H groups in total. The average molecular weight is 309 g/mol. The van der Waals surface area contributed by atoms with Crippen LogP contribution in [0.4, 0.5) is 4.39 Å². The summed E-state index contributed by atoms with van der Waals surface area (Å²) in [5.41, 5.74) is 2.11. The number of carbonyl (C=O) groups is 1. The van der Waals surface area contributed by atoms with Gasteiger partial charge in [0.25, 0.3) is 5.91 Å². The molecule has 2 aromatic carbocycles. The van der Waals surface area contributed by atoms with Gasteiger partial charge >= 0.3 is 0 Å². The molecule has 5 heteroatoms. The number of nitrogens with one attached hydrogen (secondary N) is 1. The van der Waals surface area contributed by atoms with Crippen LogP contribution in [-0.2, 0) is 6.42 Å². The van der Waals surface area contributed by atoms with Gasteiger partial charge < -0.3 is 9.88 Å². The Morgan fingerprint density at radius 3 is 2.61 bits per heavy atom. The first kappa shape index (κ1) is 15.0. The van der Waals surface area contributed by atoms with Crippen LogP contribution in [0.3, 0.4) is 0 Å². The summed E-state index contributed by atoms with van der Waals surface area (Å²) in [6.45, 7) is 0.392. The number of nitrogens with zero attached hydrogens (tertiary/aromatic N) is 2.